The van der Waals surface area contributed by atoms with Gasteiger partial charge in [0.15, 0.2) is 11.6 Å². The number of aliphatic carboxylic acids is 1. The second-order valence-corrected chi connectivity index (χ2v) is 14.7. The van der Waals surface area contributed by atoms with Gasteiger partial charge in [-0.2, -0.15) is 0 Å². The number of aliphatic hydroxyl groups is 4. The van der Waals surface area contributed by atoms with E-state index in [-0.39, 0.29) is 23.5 Å². The van der Waals surface area contributed by atoms with Gasteiger partial charge in [0.1, 0.15) is 11.4 Å². The van der Waals surface area contributed by atoms with Crippen LogP contribution in [0.2, 0.25) is 0 Å². The third-order valence-corrected chi connectivity index (χ3v) is 11.5. The summed E-state index contributed by atoms with van der Waals surface area (Å²) in [7, 11) is 0. The number of Topliss-reactive ketones (excluding diaryl/α,β-unsaturated/α-hetero) is 1. The molecule has 3 fully saturated rings. The lowest BCUT2D eigenvalue weighted by Gasteiger charge is -2.47. The van der Waals surface area contributed by atoms with E-state index in [1.807, 2.05) is 41.5 Å². The summed E-state index contributed by atoms with van der Waals surface area (Å²) in [5.74, 6) is -7.57. The molecule has 0 bridgehead atoms. The van der Waals surface area contributed by atoms with Crippen LogP contribution in [-0.4, -0.2) is 84.5 Å². The summed E-state index contributed by atoms with van der Waals surface area (Å²) in [4.78, 5) is 25.5. The lowest BCUT2D eigenvalue weighted by atomic mass is 9.73. The molecule has 3 aliphatic rings. The lowest BCUT2D eigenvalue weighted by molar-refractivity contribution is -0.331. The fourth-order valence-electron chi connectivity index (χ4n) is 8.56. The van der Waals surface area contributed by atoms with Crippen LogP contribution >= 0.6 is 0 Å². The Morgan fingerprint density at radius 1 is 0.907 bits per heavy atom. The molecule has 43 heavy (non-hydrogen) atoms. The van der Waals surface area contributed by atoms with Gasteiger partial charge in [-0.3, -0.25) is 9.59 Å². The molecule has 0 saturated carbocycles. The first kappa shape index (κ1) is 36.3. The van der Waals surface area contributed by atoms with E-state index in [0.717, 1.165) is 0 Å². The van der Waals surface area contributed by atoms with E-state index in [4.69, 9.17) is 14.2 Å². The fraction of sp³-hybridized carbons (Fsp3) is 0.939. The molecule has 250 valence electrons. The molecule has 0 aromatic heterocycles. The van der Waals surface area contributed by atoms with Gasteiger partial charge in [-0.05, 0) is 57.8 Å². The van der Waals surface area contributed by atoms with Crippen molar-refractivity contribution in [2.24, 2.45) is 41.4 Å². The first-order chi connectivity index (χ1) is 19.7. The van der Waals surface area contributed by atoms with Crippen molar-refractivity contribution in [3.8, 4) is 0 Å². The van der Waals surface area contributed by atoms with Gasteiger partial charge in [-0.1, -0.05) is 55.4 Å². The highest BCUT2D eigenvalue weighted by atomic mass is 16.7. The minimum Gasteiger partial charge on any atom is -0.481 e. The number of rotatable bonds is 12. The van der Waals surface area contributed by atoms with Gasteiger partial charge in [0, 0.05) is 29.6 Å². The maximum atomic E-state index is 14.0. The van der Waals surface area contributed by atoms with Crippen LogP contribution in [0.3, 0.4) is 0 Å². The van der Waals surface area contributed by atoms with Gasteiger partial charge in [-0.25, -0.2) is 0 Å². The summed E-state index contributed by atoms with van der Waals surface area (Å²) < 4.78 is 19.0. The van der Waals surface area contributed by atoms with E-state index < -0.39 is 83.3 Å². The molecule has 0 spiro atoms. The van der Waals surface area contributed by atoms with Gasteiger partial charge < -0.3 is 39.7 Å². The first-order valence-corrected chi connectivity index (χ1v) is 16.3. The quantitative estimate of drug-likeness (QED) is 0.218. The van der Waals surface area contributed by atoms with Crippen molar-refractivity contribution in [2.75, 3.05) is 0 Å². The number of carboxylic acids is 1. The Kier molecular flexibility index (Phi) is 10.9. The molecule has 3 heterocycles. The van der Waals surface area contributed by atoms with E-state index in [1.54, 1.807) is 27.7 Å². The molecule has 0 aromatic rings. The largest absolute Gasteiger partial charge is 0.481 e. The number of aliphatic hydroxyl groups excluding tert-OH is 2. The van der Waals surface area contributed by atoms with Crippen LogP contribution in [0, 0.1) is 41.4 Å². The average molecular weight is 615 g/mol. The van der Waals surface area contributed by atoms with Gasteiger partial charge in [0.25, 0.3) is 0 Å². The molecule has 3 aliphatic heterocycles. The monoisotopic (exact) mass is 614 g/mol. The van der Waals surface area contributed by atoms with Crippen molar-refractivity contribution >= 4 is 11.8 Å². The third-order valence-electron chi connectivity index (χ3n) is 11.5. The van der Waals surface area contributed by atoms with Gasteiger partial charge >= 0.3 is 5.97 Å². The zero-order valence-electron chi connectivity index (χ0n) is 27.9. The van der Waals surface area contributed by atoms with Crippen molar-refractivity contribution in [2.45, 2.75) is 155 Å². The smallest absolute Gasteiger partial charge is 0.308 e. The maximum absolute atomic E-state index is 14.0. The minimum atomic E-state index is -1.85. The summed E-state index contributed by atoms with van der Waals surface area (Å²) in [5, 5.41) is 54.3. The number of carbonyl (C=O) groups is 2. The molecular weight excluding hydrogens is 556 g/mol. The van der Waals surface area contributed by atoms with Gasteiger partial charge in [0.2, 0.25) is 0 Å². The second-order valence-electron chi connectivity index (χ2n) is 14.7. The summed E-state index contributed by atoms with van der Waals surface area (Å²) in [6, 6.07) is 0. The molecule has 0 radical (unpaired) electrons. The highest BCUT2D eigenvalue weighted by Gasteiger charge is 2.66. The molecule has 10 heteroatoms. The highest BCUT2D eigenvalue weighted by molar-refractivity contribution is 5.84. The SMILES string of the molecule is CC[C@@H](C(=O)[C@@H](C)[C@@H](O)[C@H](C)[C@H]1O[C@@](O)(CC(=O)O)[C@H](C)C[C@@H]1C)[C@H]1O[C@](C)([C@]2(O)O[C@@](CC)([C@H](C)O)C[C@H]2C)C[C@@H]1C. The molecule has 10 nitrogen and oxygen atoms in total. The molecule has 0 unspecified atom stereocenters. The molecule has 5 N–H and O–H groups in total. The zero-order chi connectivity index (χ0) is 32.9. The van der Waals surface area contributed by atoms with Crippen molar-refractivity contribution in [1.82, 2.24) is 0 Å². The fourth-order valence-corrected chi connectivity index (χ4v) is 8.56. The predicted molar refractivity (Wildman–Crippen MR) is 160 cm³/mol. The van der Waals surface area contributed by atoms with Crippen LogP contribution in [0.25, 0.3) is 0 Å². The molecule has 15 atom stereocenters. The molecule has 3 rings (SSSR count). The van der Waals surface area contributed by atoms with Gasteiger partial charge in [-0.15, -0.1) is 0 Å². The van der Waals surface area contributed by atoms with Crippen molar-refractivity contribution < 1.29 is 49.3 Å². The van der Waals surface area contributed by atoms with Crippen LogP contribution in [0.4, 0.5) is 0 Å². The number of carboxylic acid groups (broad SMARTS) is 1. The molecule has 3 saturated heterocycles. The normalized spacial score (nSPS) is 45.3. The second kappa shape index (κ2) is 12.9. The topological polar surface area (TPSA) is 163 Å². The lowest BCUT2D eigenvalue weighted by Crippen LogP contribution is -2.57. The molecular formula is C33H58O10. The highest BCUT2D eigenvalue weighted by Crippen LogP contribution is 2.56. The van der Waals surface area contributed by atoms with E-state index >= 15 is 0 Å². The Morgan fingerprint density at radius 2 is 1.51 bits per heavy atom. The minimum absolute atomic E-state index is 0.0667. The summed E-state index contributed by atoms with van der Waals surface area (Å²) >= 11 is 0. The number of ether oxygens (including phenoxy) is 3. The first-order valence-electron chi connectivity index (χ1n) is 16.3. The summed E-state index contributed by atoms with van der Waals surface area (Å²) in [6.07, 6.45) is -1.12. The number of ketones is 1. The van der Waals surface area contributed by atoms with E-state index in [0.29, 0.717) is 32.1 Å². The molecule has 0 aliphatic carbocycles. The molecule has 0 amide bonds. The molecule has 0 aromatic carbocycles. The predicted octanol–water partition coefficient (Wildman–Crippen LogP) is 3.90. The van der Waals surface area contributed by atoms with Crippen molar-refractivity contribution in [1.29, 1.82) is 0 Å². The maximum Gasteiger partial charge on any atom is 0.308 e. The Bertz CT molecular complexity index is 1000. The summed E-state index contributed by atoms with van der Waals surface area (Å²) in [6.45, 7) is 18.4. The summed E-state index contributed by atoms with van der Waals surface area (Å²) in [5.41, 5.74) is -1.99. The Hall–Kier alpha value is -1.14. The van der Waals surface area contributed by atoms with Crippen molar-refractivity contribution in [3.05, 3.63) is 0 Å². The Morgan fingerprint density at radius 3 is 2.00 bits per heavy atom. The standard InChI is InChI=1S/C33H58O10/c1-11-24(29-18(4)14-30(10,41-29)33(40)20(6)15-31(12-2,43-33)23(9)34)27(38)21(7)26(37)22(8)28-17(3)13-19(5)32(39,42-28)16-25(35)36/h17-24,26,28-29,34,37,39-40H,11-16H2,1-10H3,(H,35,36)/t17-,18-,19+,20+,21-,22-,23-,24-,26+,28-,29-,30-,31+,32-,33+/m0/s1. The zero-order valence-corrected chi connectivity index (χ0v) is 27.9. The van der Waals surface area contributed by atoms with Crippen molar-refractivity contribution in [3.63, 3.8) is 0 Å². The number of carbonyl (C=O) groups excluding carboxylic acids is 1. The van der Waals surface area contributed by atoms with Gasteiger partial charge in [0.05, 0.1) is 36.4 Å². The number of hydrogen-bond donors (Lipinski definition) is 5. The Labute approximate surface area is 257 Å². The van der Waals surface area contributed by atoms with E-state index in [9.17, 15) is 35.1 Å². The third kappa shape index (κ3) is 6.44. The van der Waals surface area contributed by atoms with Crippen LogP contribution in [0.1, 0.15) is 108 Å². The number of hydrogen-bond acceptors (Lipinski definition) is 9. The van der Waals surface area contributed by atoms with E-state index in [2.05, 4.69) is 0 Å². The van der Waals surface area contributed by atoms with Crippen LogP contribution < -0.4 is 0 Å². The van der Waals surface area contributed by atoms with Crippen LogP contribution in [-0.2, 0) is 23.8 Å². The van der Waals surface area contributed by atoms with E-state index in [1.165, 1.54) is 0 Å². The Balaban J connectivity index is 1.78. The van der Waals surface area contributed by atoms with Crippen LogP contribution in [0.5, 0.6) is 0 Å². The van der Waals surface area contributed by atoms with Crippen LogP contribution in [0.15, 0.2) is 0 Å². The average Bonchev–Trinajstić information content (AvgIpc) is 3.39.